The number of rotatable bonds is 6. The van der Waals surface area contributed by atoms with Gasteiger partial charge in [0.15, 0.2) is 0 Å². The van der Waals surface area contributed by atoms with Gasteiger partial charge in [0, 0.05) is 12.1 Å². The fourth-order valence-electron chi connectivity index (χ4n) is 1.45. The third-order valence-electron chi connectivity index (χ3n) is 1.85. The first kappa shape index (κ1) is 11.9. The highest BCUT2D eigenvalue weighted by molar-refractivity contribution is 4.79. The normalized spacial score (nSPS) is 12.5. The van der Waals surface area contributed by atoms with Crippen molar-refractivity contribution in [2.24, 2.45) is 0 Å². The van der Waals surface area contributed by atoms with Crippen molar-refractivity contribution in [2.75, 3.05) is 27.2 Å². The molecule has 0 aromatic heterocycles. The van der Waals surface area contributed by atoms with Gasteiger partial charge in [-0.2, -0.15) is 0 Å². The molecule has 74 valence electrons. The summed E-state index contributed by atoms with van der Waals surface area (Å²) >= 11 is 0. The van der Waals surface area contributed by atoms with Crippen molar-refractivity contribution in [3.05, 3.63) is 0 Å². The first-order valence-electron chi connectivity index (χ1n) is 4.87. The molecule has 0 aromatic carbocycles. The molecule has 2 nitrogen and oxygen atoms in total. The summed E-state index contributed by atoms with van der Waals surface area (Å²) in [5, 5.41) is 3.55. The monoisotopic (exact) mass is 172 g/mol. The van der Waals surface area contributed by atoms with Gasteiger partial charge in [0.05, 0.1) is 0 Å². The number of nitrogens with zero attached hydrogens (tertiary/aromatic N) is 1. The Labute approximate surface area is 77.3 Å². The highest BCUT2D eigenvalue weighted by atomic mass is 15.1. The van der Waals surface area contributed by atoms with E-state index in [0.717, 1.165) is 13.1 Å². The molecule has 0 bridgehead atoms. The van der Waals surface area contributed by atoms with Crippen LogP contribution in [0.3, 0.4) is 0 Å². The number of unbranched alkanes of at least 4 members (excludes halogenated alkanes) is 1. The molecule has 0 unspecified atom stereocenters. The summed E-state index contributed by atoms with van der Waals surface area (Å²) < 4.78 is 0. The minimum atomic E-state index is 0.249. The van der Waals surface area contributed by atoms with E-state index < -0.39 is 0 Å². The van der Waals surface area contributed by atoms with E-state index >= 15 is 0 Å². The van der Waals surface area contributed by atoms with E-state index in [1.54, 1.807) is 0 Å². The second kappa shape index (κ2) is 5.55. The van der Waals surface area contributed by atoms with Crippen LogP contribution in [-0.4, -0.2) is 37.6 Å². The Morgan fingerprint density at radius 2 is 1.83 bits per heavy atom. The third-order valence-corrected chi connectivity index (χ3v) is 1.85. The van der Waals surface area contributed by atoms with Gasteiger partial charge in [0.2, 0.25) is 0 Å². The van der Waals surface area contributed by atoms with Gasteiger partial charge >= 0.3 is 0 Å². The molecule has 12 heavy (non-hydrogen) atoms. The minimum absolute atomic E-state index is 0.249. The predicted molar refractivity (Wildman–Crippen MR) is 55.5 cm³/mol. The standard InChI is InChI=1S/C10H24N2/c1-6-7-8-11-10(2,3)9-12(4)5/h11H,6-9H2,1-5H3. The third kappa shape index (κ3) is 6.62. The number of hydrogen-bond acceptors (Lipinski definition) is 2. The molecule has 0 heterocycles. The SMILES string of the molecule is CCCCNC(C)(C)CN(C)C. The highest BCUT2D eigenvalue weighted by Gasteiger charge is 2.16. The molecule has 2 heteroatoms. The lowest BCUT2D eigenvalue weighted by Gasteiger charge is -2.29. The summed E-state index contributed by atoms with van der Waals surface area (Å²) in [4.78, 5) is 2.22. The van der Waals surface area contributed by atoms with Crippen LogP contribution < -0.4 is 5.32 Å². The van der Waals surface area contributed by atoms with Crippen LogP contribution in [0.5, 0.6) is 0 Å². The van der Waals surface area contributed by atoms with E-state index in [2.05, 4.69) is 45.1 Å². The molecule has 0 aliphatic heterocycles. The van der Waals surface area contributed by atoms with Crippen LogP contribution in [0.15, 0.2) is 0 Å². The van der Waals surface area contributed by atoms with Gasteiger partial charge in [-0.15, -0.1) is 0 Å². The molecule has 0 aliphatic carbocycles. The van der Waals surface area contributed by atoms with E-state index in [0.29, 0.717) is 0 Å². The maximum absolute atomic E-state index is 3.55. The largest absolute Gasteiger partial charge is 0.311 e. The van der Waals surface area contributed by atoms with Crippen molar-refractivity contribution in [3.8, 4) is 0 Å². The first-order chi connectivity index (χ1) is 5.48. The van der Waals surface area contributed by atoms with Crippen molar-refractivity contribution in [2.45, 2.75) is 39.2 Å². The quantitative estimate of drug-likeness (QED) is 0.614. The predicted octanol–water partition coefficient (Wildman–Crippen LogP) is 1.72. The van der Waals surface area contributed by atoms with Crippen LogP contribution in [0.25, 0.3) is 0 Å². The van der Waals surface area contributed by atoms with Crippen molar-refractivity contribution in [1.29, 1.82) is 0 Å². The van der Waals surface area contributed by atoms with E-state index in [4.69, 9.17) is 0 Å². The van der Waals surface area contributed by atoms with Gasteiger partial charge in [0.1, 0.15) is 0 Å². The lowest BCUT2D eigenvalue weighted by atomic mass is 10.1. The van der Waals surface area contributed by atoms with Crippen LogP contribution >= 0.6 is 0 Å². The zero-order valence-corrected chi connectivity index (χ0v) is 9.28. The Kier molecular flexibility index (Phi) is 5.51. The molecule has 0 aromatic rings. The molecule has 0 fully saturated rings. The Bertz CT molecular complexity index is 108. The zero-order valence-electron chi connectivity index (χ0n) is 9.28. The molecule has 0 spiro atoms. The zero-order chi connectivity index (χ0) is 9.61. The number of hydrogen-bond donors (Lipinski definition) is 1. The van der Waals surface area contributed by atoms with Crippen LogP contribution in [0.1, 0.15) is 33.6 Å². The summed E-state index contributed by atoms with van der Waals surface area (Å²) in [6.45, 7) is 8.96. The average molecular weight is 172 g/mol. The van der Waals surface area contributed by atoms with E-state index in [1.807, 2.05) is 0 Å². The molecule has 0 amide bonds. The van der Waals surface area contributed by atoms with Gasteiger partial charge in [0.25, 0.3) is 0 Å². The van der Waals surface area contributed by atoms with Crippen LogP contribution in [0, 0.1) is 0 Å². The topological polar surface area (TPSA) is 15.3 Å². The van der Waals surface area contributed by atoms with Crippen molar-refractivity contribution >= 4 is 0 Å². The van der Waals surface area contributed by atoms with Gasteiger partial charge < -0.3 is 10.2 Å². The Morgan fingerprint density at radius 1 is 1.25 bits per heavy atom. The van der Waals surface area contributed by atoms with E-state index in [-0.39, 0.29) is 5.54 Å². The van der Waals surface area contributed by atoms with E-state index in [9.17, 15) is 0 Å². The fourth-order valence-corrected chi connectivity index (χ4v) is 1.45. The average Bonchev–Trinajstić information content (AvgIpc) is 1.84. The molecule has 0 atom stereocenters. The molecule has 1 N–H and O–H groups in total. The summed E-state index contributed by atoms with van der Waals surface area (Å²) in [5.74, 6) is 0. The smallest absolute Gasteiger partial charge is 0.0251 e. The van der Waals surface area contributed by atoms with Gasteiger partial charge in [-0.05, 0) is 40.9 Å². The van der Waals surface area contributed by atoms with Crippen LogP contribution in [-0.2, 0) is 0 Å². The van der Waals surface area contributed by atoms with Crippen molar-refractivity contribution < 1.29 is 0 Å². The van der Waals surface area contributed by atoms with Crippen LogP contribution in [0.2, 0.25) is 0 Å². The van der Waals surface area contributed by atoms with Gasteiger partial charge in [-0.1, -0.05) is 13.3 Å². The molecule has 0 saturated heterocycles. The lowest BCUT2D eigenvalue weighted by Crippen LogP contribution is -2.47. The minimum Gasteiger partial charge on any atom is -0.311 e. The van der Waals surface area contributed by atoms with E-state index in [1.165, 1.54) is 12.8 Å². The molecule has 0 rings (SSSR count). The second-order valence-corrected chi connectivity index (χ2v) is 4.40. The molecule has 0 radical (unpaired) electrons. The molecule has 0 saturated carbocycles. The molecular formula is C10H24N2. The van der Waals surface area contributed by atoms with Gasteiger partial charge in [-0.3, -0.25) is 0 Å². The molecular weight excluding hydrogens is 148 g/mol. The summed E-state index contributed by atoms with van der Waals surface area (Å²) in [6.07, 6.45) is 2.54. The first-order valence-corrected chi connectivity index (χ1v) is 4.87. The van der Waals surface area contributed by atoms with Gasteiger partial charge in [-0.25, -0.2) is 0 Å². The van der Waals surface area contributed by atoms with Crippen molar-refractivity contribution in [1.82, 2.24) is 10.2 Å². The Balaban J connectivity index is 3.56. The van der Waals surface area contributed by atoms with Crippen LogP contribution in [0.4, 0.5) is 0 Å². The fraction of sp³-hybridized carbons (Fsp3) is 1.00. The number of likely N-dealkylation sites (N-methyl/N-ethyl adjacent to an activating group) is 1. The Hall–Kier alpha value is -0.0800. The summed E-state index contributed by atoms with van der Waals surface area (Å²) in [6, 6.07) is 0. The Morgan fingerprint density at radius 3 is 2.25 bits per heavy atom. The maximum Gasteiger partial charge on any atom is 0.0251 e. The summed E-state index contributed by atoms with van der Waals surface area (Å²) in [7, 11) is 4.23. The molecule has 0 aliphatic rings. The second-order valence-electron chi connectivity index (χ2n) is 4.40. The highest BCUT2D eigenvalue weighted by Crippen LogP contribution is 2.03. The van der Waals surface area contributed by atoms with Crippen molar-refractivity contribution in [3.63, 3.8) is 0 Å². The lowest BCUT2D eigenvalue weighted by molar-refractivity contribution is 0.268. The summed E-state index contributed by atoms with van der Waals surface area (Å²) in [5.41, 5.74) is 0.249. The number of nitrogens with one attached hydrogen (secondary N) is 1. The maximum atomic E-state index is 3.55.